The van der Waals surface area contributed by atoms with Crippen molar-refractivity contribution in [2.45, 2.75) is 18.4 Å². The third-order valence-electron chi connectivity index (χ3n) is 4.11. The number of aromatic nitrogens is 1. The maximum atomic E-state index is 11.4. The van der Waals surface area contributed by atoms with Crippen molar-refractivity contribution in [2.75, 3.05) is 6.54 Å². The Morgan fingerprint density at radius 2 is 1.96 bits per heavy atom. The molecular weight excluding hydrogens is 332 g/mol. The van der Waals surface area contributed by atoms with E-state index in [1.807, 2.05) is 12.1 Å². The van der Waals surface area contributed by atoms with Gasteiger partial charge in [-0.15, -0.1) is 12.4 Å². The van der Waals surface area contributed by atoms with Gasteiger partial charge in [0.05, 0.1) is 5.56 Å². The Kier molecular flexibility index (Phi) is 5.54. The molecule has 0 unspecified atom stereocenters. The first-order chi connectivity index (χ1) is 11.1. The van der Waals surface area contributed by atoms with Crippen LogP contribution in [0.25, 0.3) is 11.1 Å². The number of aromatic carboxylic acids is 1. The number of pyridine rings is 1. The van der Waals surface area contributed by atoms with E-state index in [0.29, 0.717) is 13.0 Å². The summed E-state index contributed by atoms with van der Waals surface area (Å²) in [6.45, 7) is 0.598. The lowest BCUT2D eigenvalue weighted by atomic mass is 9.88. The van der Waals surface area contributed by atoms with Crippen LogP contribution in [-0.2, 0) is 4.79 Å². The molecule has 0 bridgehead atoms. The van der Waals surface area contributed by atoms with E-state index in [1.165, 1.54) is 0 Å². The van der Waals surface area contributed by atoms with Crippen molar-refractivity contribution in [3.63, 3.8) is 0 Å². The number of carboxylic acids is 2. The molecule has 126 valence electrons. The fourth-order valence-electron chi connectivity index (χ4n) is 3.01. The van der Waals surface area contributed by atoms with Crippen LogP contribution in [0.3, 0.4) is 0 Å². The lowest BCUT2D eigenvalue weighted by Gasteiger charge is -2.17. The Morgan fingerprint density at radius 3 is 2.58 bits per heavy atom. The van der Waals surface area contributed by atoms with E-state index in [4.69, 9.17) is 0 Å². The summed E-state index contributed by atoms with van der Waals surface area (Å²) < 4.78 is 0. The smallest absolute Gasteiger partial charge is 0.335 e. The standard InChI is InChI=1S/C17H16N2O4.ClH/c20-16(21)13-7-11(10-2-1-4-18-9-10)6-12(8-13)14-3-5-19-15(14)17(22)23;/h1-2,4,6-9,14-15,19H,3,5H2,(H,20,21)(H,22,23);1H/t14-,15+;/m1./s1. The molecule has 1 aromatic carbocycles. The van der Waals surface area contributed by atoms with Gasteiger partial charge in [-0.2, -0.15) is 0 Å². The van der Waals surface area contributed by atoms with Gasteiger partial charge >= 0.3 is 11.9 Å². The number of hydrogen-bond acceptors (Lipinski definition) is 4. The van der Waals surface area contributed by atoms with E-state index in [0.717, 1.165) is 16.7 Å². The summed E-state index contributed by atoms with van der Waals surface area (Å²) in [5.74, 6) is -2.20. The van der Waals surface area contributed by atoms with Crippen molar-refractivity contribution in [3.8, 4) is 11.1 Å². The molecule has 0 radical (unpaired) electrons. The summed E-state index contributed by atoms with van der Waals surface area (Å²) in [5, 5.41) is 21.6. The molecule has 2 aromatic rings. The molecule has 0 saturated carbocycles. The Balaban J connectivity index is 0.00000208. The van der Waals surface area contributed by atoms with E-state index >= 15 is 0 Å². The molecule has 1 saturated heterocycles. The third kappa shape index (κ3) is 3.55. The quantitative estimate of drug-likeness (QED) is 0.784. The first kappa shape index (κ1) is 17.9. The van der Waals surface area contributed by atoms with Crippen molar-refractivity contribution in [3.05, 3.63) is 53.9 Å². The average Bonchev–Trinajstić information content (AvgIpc) is 3.05. The van der Waals surface area contributed by atoms with Gasteiger partial charge in [-0.05, 0) is 42.3 Å². The van der Waals surface area contributed by atoms with Crippen LogP contribution in [0.15, 0.2) is 42.7 Å². The zero-order valence-electron chi connectivity index (χ0n) is 12.7. The largest absolute Gasteiger partial charge is 0.480 e. The first-order valence-electron chi connectivity index (χ1n) is 7.31. The molecule has 3 N–H and O–H groups in total. The molecule has 2 heterocycles. The number of nitrogens with zero attached hydrogens (tertiary/aromatic N) is 1. The number of nitrogens with one attached hydrogen (secondary N) is 1. The van der Waals surface area contributed by atoms with Gasteiger partial charge in [0, 0.05) is 23.9 Å². The lowest BCUT2D eigenvalue weighted by Crippen LogP contribution is -2.34. The van der Waals surface area contributed by atoms with Crippen molar-refractivity contribution in [2.24, 2.45) is 0 Å². The minimum Gasteiger partial charge on any atom is -0.480 e. The Labute approximate surface area is 145 Å². The van der Waals surface area contributed by atoms with E-state index in [-0.39, 0.29) is 23.9 Å². The summed E-state index contributed by atoms with van der Waals surface area (Å²) in [5.41, 5.74) is 2.40. The van der Waals surface area contributed by atoms with Gasteiger partial charge < -0.3 is 15.5 Å². The third-order valence-corrected chi connectivity index (χ3v) is 4.11. The van der Waals surface area contributed by atoms with Crippen LogP contribution in [0.1, 0.15) is 28.3 Å². The maximum Gasteiger partial charge on any atom is 0.335 e. The summed E-state index contributed by atoms with van der Waals surface area (Å²) in [4.78, 5) is 26.8. The van der Waals surface area contributed by atoms with Crippen LogP contribution < -0.4 is 5.32 Å². The summed E-state index contributed by atoms with van der Waals surface area (Å²) >= 11 is 0. The normalized spacial score (nSPS) is 19.5. The molecule has 1 aliphatic rings. The monoisotopic (exact) mass is 348 g/mol. The highest BCUT2D eigenvalue weighted by Crippen LogP contribution is 2.32. The van der Waals surface area contributed by atoms with Crippen molar-refractivity contribution >= 4 is 24.3 Å². The van der Waals surface area contributed by atoms with Crippen LogP contribution in [-0.4, -0.2) is 39.7 Å². The van der Waals surface area contributed by atoms with E-state index in [2.05, 4.69) is 10.3 Å². The van der Waals surface area contributed by atoms with Gasteiger partial charge in [0.1, 0.15) is 6.04 Å². The second kappa shape index (κ2) is 7.42. The zero-order valence-corrected chi connectivity index (χ0v) is 13.5. The van der Waals surface area contributed by atoms with Crippen molar-refractivity contribution < 1.29 is 19.8 Å². The van der Waals surface area contributed by atoms with Crippen LogP contribution >= 0.6 is 12.4 Å². The van der Waals surface area contributed by atoms with Gasteiger partial charge in [-0.1, -0.05) is 12.1 Å². The second-order valence-electron chi connectivity index (χ2n) is 5.56. The fraction of sp³-hybridized carbons (Fsp3) is 0.235. The van der Waals surface area contributed by atoms with Crippen molar-refractivity contribution in [1.29, 1.82) is 0 Å². The molecule has 6 nitrogen and oxygen atoms in total. The predicted molar refractivity (Wildman–Crippen MR) is 90.7 cm³/mol. The average molecular weight is 349 g/mol. The summed E-state index contributed by atoms with van der Waals surface area (Å²) in [6, 6.07) is 7.94. The van der Waals surface area contributed by atoms with E-state index in [1.54, 1.807) is 30.6 Å². The summed E-state index contributed by atoms with van der Waals surface area (Å²) in [6.07, 6.45) is 3.96. The van der Waals surface area contributed by atoms with Gasteiger partial charge in [-0.3, -0.25) is 9.78 Å². The molecular formula is C17H17ClN2O4. The van der Waals surface area contributed by atoms with Gasteiger partial charge in [0.15, 0.2) is 0 Å². The minimum absolute atomic E-state index is 0. The first-order valence-corrected chi connectivity index (χ1v) is 7.31. The van der Waals surface area contributed by atoms with Crippen LogP contribution in [0.4, 0.5) is 0 Å². The van der Waals surface area contributed by atoms with Crippen LogP contribution in [0.5, 0.6) is 0 Å². The molecule has 2 atom stereocenters. The molecule has 0 spiro atoms. The number of benzene rings is 1. The highest BCUT2D eigenvalue weighted by atomic mass is 35.5. The number of hydrogen-bond donors (Lipinski definition) is 3. The number of carbonyl (C=O) groups is 2. The minimum atomic E-state index is -1.03. The molecule has 1 aromatic heterocycles. The molecule has 3 rings (SSSR count). The van der Waals surface area contributed by atoms with Crippen LogP contribution in [0, 0.1) is 0 Å². The Morgan fingerprint density at radius 1 is 1.17 bits per heavy atom. The highest BCUT2D eigenvalue weighted by molar-refractivity contribution is 5.90. The summed E-state index contributed by atoms with van der Waals surface area (Å²) in [7, 11) is 0. The van der Waals surface area contributed by atoms with Gasteiger partial charge in [-0.25, -0.2) is 4.79 Å². The predicted octanol–water partition coefficient (Wildman–Crippen LogP) is 2.40. The molecule has 0 amide bonds. The van der Waals surface area contributed by atoms with Crippen molar-refractivity contribution in [1.82, 2.24) is 10.3 Å². The lowest BCUT2D eigenvalue weighted by molar-refractivity contribution is -0.139. The Hall–Kier alpha value is -2.44. The molecule has 1 fully saturated rings. The van der Waals surface area contributed by atoms with Gasteiger partial charge in [0.25, 0.3) is 0 Å². The van der Waals surface area contributed by atoms with E-state index < -0.39 is 18.0 Å². The Bertz CT molecular complexity index is 752. The van der Waals surface area contributed by atoms with Crippen LogP contribution in [0.2, 0.25) is 0 Å². The second-order valence-corrected chi connectivity index (χ2v) is 5.56. The molecule has 24 heavy (non-hydrogen) atoms. The number of rotatable bonds is 4. The number of halogens is 1. The topological polar surface area (TPSA) is 99.5 Å². The molecule has 0 aliphatic carbocycles. The SMILES string of the molecule is Cl.O=C(O)c1cc(-c2cccnc2)cc([C@H]2CCN[C@@H]2C(=O)O)c1. The number of aliphatic carboxylic acids is 1. The fourth-order valence-corrected chi connectivity index (χ4v) is 3.01. The zero-order chi connectivity index (χ0) is 16.4. The van der Waals surface area contributed by atoms with E-state index in [9.17, 15) is 19.8 Å². The molecule has 7 heteroatoms. The van der Waals surface area contributed by atoms with Gasteiger partial charge in [0.2, 0.25) is 0 Å². The highest BCUT2D eigenvalue weighted by Gasteiger charge is 2.34. The maximum absolute atomic E-state index is 11.4. The molecule has 1 aliphatic heterocycles. The number of carboxylic acid groups (broad SMARTS) is 2.